The summed E-state index contributed by atoms with van der Waals surface area (Å²) in [4.78, 5) is 22.2. The maximum atomic E-state index is 14.2. The van der Waals surface area contributed by atoms with Crippen LogP contribution in [0.1, 0.15) is 11.1 Å². The molecule has 0 saturated carbocycles. The minimum absolute atomic E-state index is 0.101. The standard InChI is InChI=1S/C22H17ClFN7O3/c23-19-7-4-8-20(24)18(19)13-30-11-16(22(28-30)15-5-2-1-3-6-15)9-25-27-21(32)14-29-12-17(10-26-29)31(33)34/h1-12H,13-14H2,(H,27,32). The molecule has 34 heavy (non-hydrogen) atoms. The highest BCUT2D eigenvalue weighted by Gasteiger charge is 2.14. The molecule has 1 amide bonds. The Labute approximate surface area is 197 Å². The number of carbonyl (C=O) groups excluding carboxylic acids is 1. The number of carbonyl (C=O) groups is 1. The Balaban J connectivity index is 1.53. The van der Waals surface area contributed by atoms with Gasteiger partial charge in [-0.3, -0.25) is 24.3 Å². The van der Waals surface area contributed by atoms with E-state index in [0.717, 1.165) is 22.6 Å². The lowest BCUT2D eigenvalue weighted by atomic mass is 10.1. The molecule has 0 spiro atoms. The van der Waals surface area contributed by atoms with Crippen molar-refractivity contribution in [2.24, 2.45) is 5.10 Å². The zero-order valence-electron chi connectivity index (χ0n) is 17.5. The molecule has 0 radical (unpaired) electrons. The van der Waals surface area contributed by atoms with Crippen LogP contribution in [0.3, 0.4) is 0 Å². The van der Waals surface area contributed by atoms with Crippen molar-refractivity contribution in [1.29, 1.82) is 0 Å². The van der Waals surface area contributed by atoms with Crippen molar-refractivity contribution in [1.82, 2.24) is 25.0 Å². The third kappa shape index (κ3) is 5.33. The van der Waals surface area contributed by atoms with Crippen LogP contribution in [0.15, 0.2) is 72.2 Å². The van der Waals surface area contributed by atoms with Gasteiger partial charge in [0.25, 0.3) is 5.91 Å². The fraction of sp³-hybridized carbons (Fsp3) is 0.0909. The zero-order valence-corrected chi connectivity index (χ0v) is 18.3. The summed E-state index contributed by atoms with van der Waals surface area (Å²) in [6.45, 7) is -0.147. The summed E-state index contributed by atoms with van der Waals surface area (Å²) < 4.78 is 16.9. The van der Waals surface area contributed by atoms with Gasteiger partial charge in [0.1, 0.15) is 30.4 Å². The number of amides is 1. The first kappa shape index (κ1) is 22.8. The number of rotatable bonds is 8. The Morgan fingerprint density at radius 2 is 1.97 bits per heavy atom. The largest absolute Gasteiger partial charge is 0.307 e. The van der Waals surface area contributed by atoms with E-state index in [4.69, 9.17) is 11.6 Å². The Hall–Kier alpha value is -4.38. The van der Waals surface area contributed by atoms with Gasteiger partial charge >= 0.3 is 5.69 Å². The van der Waals surface area contributed by atoms with Gasteiger partial charge in [-0.2, -0.15) is 15.3 Å². The van der Waals surface area contributed by atoms with Gasteiger partial charge in [0.15, 0.2) is 0 Å². The van der Waals surface area contributed by atoms with Gasteiger partial charge in [-0.25, -0.2) is 9.82 Å². The quantitative estimate of drug-likeness (QED) is 0.234. The number of nitrogens with zero attached hydrogens (tertiary/aromatic N) is 6. The minimum Gasteiger partial charge on any atom is -0.271 e. The van der Waals surface area contributed by atoms with Crippen LogP contribution in [0, 0.1) is 15.9 Å². The van der Waals surface area contributed by atoms with E-state index < -0.39 is 16.6 Å². The molecule has 2 aromatic heterocycles. The summed E-state index contributed by atoms with van der Waals surface area (Å²) in [6.07, 6.45) is 5.28. The summed E-state index contributed by atoms with van der Waals surface area (Å²) in [5, 5.41) is 23.3. The highest BCUT2D eigenvalue weighted by molar-refractivity contribution is 6.31. The first-order valence-electron chi connectivity index (χ1n) is 9.95. The van der Waals surface area contributed by atoms with Crippen molar-refractivity contribution in [2.75, 3.05) is 0 Å². The molecule has 2 aromatic carbocycles. The molecule has 12 heteroatoms. The van der Waals surface area contributed by atoms with Crippen LogP contribution < -0.4 is 5.43 Å². The lowest BCUT2D eigenvalue weighted by molar-refractivity contribution is -0.385. The van der Waals surface area contributed by atoms with E-state index in [1.54, 1.807) is 16.9 Å². The Morgan fingerprint density at radius 1 is 1.18 bits per heavy atom. The van der Waals surface area contributed by atoms with E-state index >= 15 is 0 Å². The second-order valence-corrected chi connectivity index (χ2v) is 7.55. The number of aromatic nitrogens is 4. The van der Waals surface area contributed by atoms with Crippen LogP contribution >= 0.6 is 11.6 Å². The molecule has 0 bridgehead atoms. The van der Waals surface area contributed by atoms with E-state index in [1.807, 2.05) is 30.3 Å². The minimum atomic E-state index is -0.600. The van der Waals surface area contributed by atoms with Crippen LogP contribution in [0.25, 0.3) is 11.3 Å². The second kappa shape index (κ2) is 10.0. The SMILES string of the molecule is O=C(Cn1cc([N+](=O)[O-])cn1)NN=Cc1cn(Cc2c(F)cccc2Cl)nc1-c1ccccc1. The van der Waals surface area contributed by atoms with Crippen molar-refractivity contribution in [2.45, 2.75) is 13.1 Å². The van der Waals surface area contributed by atoms with Crippen molar-refractivity contribution in [3.8, 4) is 11.3 Å². The topological polar surface area (TPSA) is 120 Å². The van der Waals surface area contributed by atoms with Crippen molar-refractivity contribution in [3.05, 3.63) is 99.2 Å². The smallest absolute Gasteiger partial charge is 0.271 e. The Bertz CT molecular complexity index is 1350. The molecule has 0 aliphatic carbocycles. The highest BCUT2D eigenvalue weighted by atomic mass is 35.5. The van der Waals surface area contributed by atoms with Gasteiger partial charge in [0.05, 0.1) is 17.7 Å². The van der Waals surface area contributed by atoms with Gasteiger partial charge in [0, 0.05) is 27.9 Å². The average molecular weight is 482 g/mol. The van der Waals surface area contributed by atoms with Crippen LogP contribution in [-0.4, -0.2) is 36.6 Å². The van der Waals surface area contributed by atoms with E-state index in [2.05, 4.69) is 20.7 Å². The molecule has 4 rings (SSSR count). The van der Waals surface area contributed by atoms with Crippen molar-refractivity contribution in [3.63, 3.8) is 0 Å². The number of hydrogen-bond acceptors (Lipinski definition) is 6. The highest BCUT2D eigenvalue weighted by Crippen LogP contribution is 2.24. The predicted octanol–water partition coefficient (Wildman–Crippen LogP) is 3.65. The Kier molecular flexibility index (Phi) is 6.74. The van der Waals surface area contributed by atoms with Gasteiger partial charge in [-0.05, 0) is 12.1 Å². The normalized spacial score (nSPS) is 11.1. The summed E-state index contributed by atoms with van der Waals surface area (Å²) in [5.41, 5.74) is 4.40. The average Bonchev–Trinajstić information content (AvgIpc) is 3.44. The molecule has 0 saturated heterocycles. The first-order chi connectivity index (χ1) is 16.4. The lowest BCUT2D eigenvalue weighted by Gasteiger charge is -2.05. The summed E-state index contributed by atoms with van der Waals surface area (Å²) >= 11 is 6.15. The predicted molar refractivity (Wildman–Crippen MR) is 123 cm³/mol. The third-order valence-electron chi connectivity index (χ3n) is 4.75. The molecule has 10 nitrogen and oxygen atoms in total. The van der Waals surface area contributed by atoms with Crippen LogP contribution in [-0.2, 0) is 17.9 Å². The molecule has 0 aliphatic rings. The van der Waals surface area contributed by atoms with Gasteiger partial charge in [-0.15, -0.1) is 0 Å². The zero-order chi connectivity index (χ0) is 24.1. The molecule has 4 aromatic rings. The first-order valence-corrected chi connectivity index (χ1v) is 10.3. The number of hydrazone groups is 1. The number of nitro groups is 1. The monoisotopic (exact) mass is 481 g/mol. The summed E-state index contributed by atoms with van der Waals surface area (Å²) in [5.74, 6) is -0.966. The Morgan fingerprint density at radius 3 is 2.68 bits per heavy atom. The molecule has 0 fully saturated rings. The van der Waals surface area contributed by atoms with E-state index in [1.165, 1.54) is 18.3 Å². The number of hydrogen-bond donors (Lipinski definition) is 1. The molecular weight excluding hydrogens is 465 g/mol. The molecule has 0 unspecified atom stereocenters. The molecule has 0 atom stereocenters. The molecule has 2 heterocycles. The van der Waals surface area contributed by atoms with Crippen LogP contribution in [0.2, 0.25) is 5.02 Å². The number of benzene rings is 2. The number of halogens is 2. The molecule has 172 valence electrons. The van der Waals surface area contributed by atoms with E-state index in [9.17, 15) is 19.3 Å². The van der Waals surface area contributed by atoms with Gasteiger partial charge < -0.3 is 0 Å². The molecule has 0 aliphatic heterocycles. The lowest BCUT2D eigenvalue weighted by Crippen LogP contribution is -2.23. The molecule has 1 N–H and O–H groups in total. The fourth-order valence-corrected chi connectivity index (χ4v) is 3.39. The fourth-order valence-electron chi connectivity index (χ4n) is 3.17. The second-order valence-electron chi connectivity index (χ2n) is 7.14. The van der Waals surface area contributed by atoms with E-state index in [0.29, 0.717) is 16.8 Å². The number of nitrogens with one attached hydrogen (secondary N) is 1. The van der Waals surface area contributed by atoms with Crippen LogP contribution in [0.5, 0.6) is 0 Å². The maximum Gasteiger partial charge on any atom is 0.307 e. The summed E-state index contributed by atoms with van der Waals surface area (Å²) in [7, 11) is 0. The van der Waals surface area contributed by atoms with Gasteiger partial charge in [-0.1, -0.05) is 48.0 Å². The third-order valence-corrected chi connectivity index (χ3v) is 5.10. The maximum absolute atomic E-state index is 14.2. The van der Waals surface area contributed by atoms with E-state index in [-0.39, 0.29) is 23.8 Å². The van der Waals surface area contributed by atoms with Crippen molar-refractivity contribution < 1.29 is 14.1 Å². The summed E-state index contributed by atoms with van der Waals surface area (Å²) in [6, 6.07) is 13.8. The van der Waals surface area contributed by atoms with Crippen molar-refractivity contribution >= 4 is 29.4 Å². The van der Waals surface area contributed by atoms with Gasteiger partial charge in [0.2, 0.25) is 0 Å². The van der Waals surface area contributed by atoms with Crippen LogP contribution in [0.4, 0.5) is 10.1 Å². The molecular formula is C22H17ClFN7O3.